The Bertz CT molecular complexity index is 774. The van der Waals surface area contributed by atoms with Crippen LogP contribution in [0.1, 0.15) is 23.1 Å². The number of aryl methyl sites for hydroxylation is 3. The molecule has 0 aliphatic heterocycles. The minimum Gasteiger partial charge on any atom is -0.336 e. The molecule has 0 heterocycles. The van der Waals surface area contributed by atoms with Gasteiger partial charge >= 0.3 is 0 Å². The highest BCUT2D eigenvalue weighted by molar-refractivity contribution is 5.95. The van der Waals surface area contributed by atoms with Crippen molar-refractivity contribution in [3.8, 4) is 0 Å². The SMILES string of the molecule is Cc1ccc(C)c(NC(=O)CN(C)C(=O)CCc2ccccc2F)c1. The molecule has 1 N–H and O–H groups in total. The summed E-state index contributed by atoms with van der Waals surface area (Å²) in [6.07, 6.45) is 0.475. The van der Waals surface area contributed by atoms with Crippen LogP contribution in [0, 0.1) is 19.7 Å². The highest BCUT2D eigenvalue weighted by Crippen LogP contribution is 2.16. The quantitative estimate of drug-likeness (QED) is 0.874. The molecule has 0 saturated carbocycles. The molecule has 5 heteroatoms. The number of hydrogen-bond acceptors (Lipinski definition) is 2. The number of nitrogens with zero attached hydrogens (tertiary/aromatic N) is 1. The first-order valence-electron chi connectivity index (χ1n) is 8.21. The van der Waals surface area contributed by atoms with E-state index in [-0.39, 0.29) is 30.6 Å². The van der Waals surface area contributed by atoms with Crippen LogP contribution in [-0.4, -0.2) is 30.3 Å². The van der Waals surface area contributed by atoms with Gasteiger partial charge in [0, 0.05) is 19.2 Å². The molecule has 25 heavy (non-hydrogen) atoms. The monoisotopic (exact) mass is 342 g/mol. The maximum atomic E-state index is 13.6. The van der Waals surface area contributed by atoms with Gasteiger partial charge in [-0.3, -0.25) is 9.59 Å². The molecule has 132 valence electrons. The Morgan fingerprint density at radius 1 is 1.12 bits per heavy atom. The van der Waals surface area contributed by atoms with E-state index in [2.05, 4.69) is 5.32 Å². The minimum atomic E-state index is -0.314. The van der Waals surface area contributed by atoms with Gasteiger partial charge in [0.15, 0.2) is 0 Å². The predicted octanol–water partition coefficient (Wildman–Crippen LogP) is 3.47. The lowest BCUT2D eigenvalue weighted by atomic mass is 10.1. The lowest BCUT2D eigenvalue weighted by Gasteiger charge is -2.17. The van der Waals surface area contributed by atoms with Crippen LogP contribution in [0.4, 0.5) is 10.1 Å². The van der Waals surface area contributed by atoms with Crippen molar-refractivity contribution in [3.05, 3.63) is 65.0 Å². The summed E-state index contributed by atoms with van der Waals surface area (Å²) in [5.41, 5.74) is 3.27. The van der Waals surface area contributed by atoms with E-state index in [1.165, 1.54) is 11.0 Å². The number of halogens is 1. The van der Waals surface area contributed by atoms with Gasteiger partial charge in [-0.25, -0.2) is 4.39 Å². The third-order valence-electron chi connectivity index (χ3n) is 4.04. The molecule has 0 saturated heterocycles. The third-order valence-corrected chi connectivity index (χ3v) is 4.04. The van der Waals surface area contributed by atoms with E-state index in [0.717, 1.165) is 16.8 Å². The summed E-state index contributed by atoms with van der Waals surface area (Å²) in [6.45, 7) is 3.83. The predicted molar refractivity (Wildman–Crippen MR) is 96.9 cm³/mol. The smallest absolute Gasteiger partial charge is 0.243 e. The Labute approximate surface area is 147 Å². The van der Waals surface area contributed by atoms with Crippen molar-refractivity contribution >= 4 is 17.5 Å². The molecule has 0 bridgehead atoms. The number of benzene rings is 2. The van der Waals surface area contributed by atoms with Gasteiger partial charge in [-0.05, 0) is 49.1 Å². The third kappa shape index (κ3) is 5.41. The standard InChI is InChI=1S/C20H23FN2O2/c1-14-8-9-15(2)18(12-14)22-19(24)13-23(3)20(25)11-10-16-6-4-5-7-17(16)21/h4-9,12H,10-11,13H2,1-3H3,(H,22,24). The average molecular weight is 342 g/mol. The van der Waals surface area contributed by atoms with Gasteiger partial charge in [-0.1, -0.05) is 30.3 Å². The number of rotatable bonds is 6. The fraction of sp³-hybridized carbons (Fsp3) is 0.300. The molecule has 4 nitrogen and oxygen atoms in total. The Kier molecular flexibility index (Phi) is 6.28. The number of anilines is 1. The van der Waals surface area contributed by atoms with Crippen LogP contribution in [0.2, 0.25) is 0 Å². The summed E-state index contributed by atoms with van der Waals surface area (Å²) < 4.78 is 13.6. The van der Waals surface area contributed by atoms with Crippen LogP contribution in [0.3, 0.4) is 0 Å². The summed E-state index contributed by atoms with van der Waals surface area (Å²) in [6, 6.07) is 12.2. The first kappa shape index (κ1) is 18.6. The van der Waals surface area contributed by atoms with Gasteiger partial charge in [0.1, 0.15) is 5.82 Å². The first-order valence-corrected chi connectivity index (χ1v) is 8.21. The number of hydrogen-bond donors (Lipinski definition) is 1. The van der Waals surface area contributed by atoms with Crippen LogP contribution in [0.25, 0.3) is 0 Å². The largest absolute Gasteiger partial charge is 0.336 e. The molecule has 0 unspecified atom stereocenters. The maximum absolute atomic E-state index is 13.6. The van der Waals surface area contributed by atoms with Crippen molar-refractivity contribution in [2.75, 3.05) is 18.9 Å². The first-order chi connectivity index (χ1) is 11.9. The van der Waals surface area contributed by atoms with Crippen molar-refractivity contribution in [2.45, 2.75) is 26.7 Å². The Balaban J connectivity index is 1.86. The molecule has 0 atom stereocenters. The van der Waals surface area contributed by atoms with Gasteiger partial charge in [0.05, 0.1) is 6.54 Å². The van der Waals surface area contributed by atoms with Gasteiger partial charge < -0.3 is 10.2 Å². The van der Waals surface area contributed by atoms with Gasteiger partial charge in [0.2, 0.25) is 11.8 Å². The highest BCUT2D eigenvalue weighted by Gasteiger charge is 2.14. The average Bonchev–Trinajstić information content (AvgIpc) is 2.57. The lowest BCUT2D eigenvalue weighted by Crippen LogP contribution is -2.35. The van der Waals surface area contributed by atoms with Crippen LogP contribution >= 0.6 is 0 Å². The number of carbonyl (C=O) groups excluding carboxylic acids is 2. The summed E-state index contributed by atoms with van der Waals surface area (Å²) >= 11 is 0. The molecule has 2 aromatic rings. The Morgan fingerprint density at radius 3 is 2.56 bits per heavy atom. The fourth-order valence-corrected chi connectivity index (χ4v) is 2.50. The molecular weight excluding hydrogens is 319 g/mol. The molecule has 0 radical (unpaired) electrons. The molecule has 0 aliphatic carbocycles. The van der Waals surface area contributed by atoms with E-state index in [4.69, 9.17) is 0 Å². The minimum absolute atomic E-state index is 0.0382. The fourth-order valence-electron chi connectivity index (χ4n) is 2.50. The second-order valence-electron chi connectivity index (χ2n) is 6.21. The Morgan fingerprint density at radius 2 is 1.84 bits per heavy atom. The zero-order chi connectivity index (χ0) is 18.4. The second kappa shape index (κ2) is 8.42. The second-order valence-corrected chi connectivity index (χ2v) is 6.21. The number of nitrogens with one attached hydrogen (secondary N) is 1. The molecule has 2 aromatic carbocycles. The zero-order valence-corrected chi connectivity index (χ0v) is 14.8. The summed E-state index contributed by atoms with van der Waals surface area (Å²) in [5, 5.41) is 2.83. The normalized spacial score (nSPS) is 10.4. The van der Waals surface area contributed by atoms with Gasteiger partial charge in [0.25, 0.3) is 0 Å². The summed E-state index contributed by atoms with van der Waals surface area (Å²) in [4.78, 5) is 25.7. The molecular formula is C20H23FN2O2. The Hall–Kier alpha value is -2.69. The topological polar surface area (TPSA) is 49.4 Å². The molecule has 0 aromatic heterocycles. The van der Waals surface area contributed by atoms with E-state index >= 15 is 0 Å². The van der Waals surface area contributed by atoms with E-state index in [1.807, 2.05) is 32.0 Å². The van der Waals surface area contributed by atoms with Crippen molar-refractivity contribution in [1.29, 1.82) is 0 Å². The van der Waals surface area contributed by atoms with Crippen LogP contribution in [0.15, 0.2) is 42.5 Å². The van der Waals surface area contributed by atoms with Crippen LogP contribution in [0.5, 0.6) is 0 Å². The van der Waals surface area contributed by atoms with Crippen molar-refractivity contribution in [3.63, 3.8) is 0 Å². The van der Waals surface area contributed by atoms with E-state index in [1.54, 1.807) is 25.2 Å². The molecule has 0 spiro atoms. The molecule has 2 rings (SSSR count). The van der Waals surface area contributed by atoms with Crippen LogP contribution < -0.4 is 5.32 Å². The highest BCUT2D eigenvalue weighted by atomic mass is 19.1. The van der Waals surface area contributed by atoms with Crippen molar-refractivity contribution in [2.24, 2.45) is 0 Å². The van der Waals surface area contributed by atoms with E-state index < -0.39 is 0 Å². The van der Waals surface area contributed by atoms with E-state index in [9.17, 15) is 14.0 Å². The van der Waals surface area contributed by atoms with E-state index in [0.29, 0.717) is 12.0 Å². The van der Waals surface area contributed by atoms with Crippen LogP contribution in [-0.2, 0) is 16.0 Å². The number of likely N-dealkylation sites (N-methyl/N-ethyl adjacent to an activating group) is 1. The molecule has 2 amide bonds. The summed E-state index contributed by atoms with van der Waals surface area (Å²) in [5.74, 6) is -0.763. The lowest BCUT2D eigenvalue weighted by molar-refractivity contribution is -0.133. The number of carbonyl (C=O) groups is 2. The van der Waals surface area contributed by atoms with Gasteiger partial charge in [-0.2, -0.15) is 0 Å². The summed E-state index contributed by atoms with van der Waals surface area (Å²) in [7, 11) is 1.58. The van der Waals surface area contributed by atoms with Gasteiger partial charge in [-0.15, -0.1) is 0 Å². The number of amides is 2. The molecule has 0 aliphatic rings. The van der Waals surface area contributed by atoms with Crippen molar-refractivity contribution in [1.82, 2.24) is 4.90 Å². The molecule has 0 fully saturated rings. The maximum Gasteiger partial charge on any atom is 0.243 e. The zero-order valence-electron chi connectivity index (χ0n) is 14.8. The van der Waals surface area contributed by atoms with Crippen molar-refractivity contribution < 1.29 is 14.0 Å².